The van der Waals surface area contributed by atoms with Crippen molar-refractivity contribution in [2.75, 3.05) is 7.11 Å². The van der Waals surface area contributed by atoms with E-state index >= 15 is 0 Å². The van der Waals surface area contributed by atoms with Gasteiger partial charge < -0.3 is 4.74 Å². The van der Waals surface area contributed by atoms with Crippen molar-refractivity contribution >= 4 is 16.6 Å². The van der Waals surface area contributed by atoms with E-state index in [2.05, 4.69) is 22.1 Å². The number of hydrogen-bond donors (Lipinski definition) is 0. The molecule has 0 fully saturated rings. The van der Waals surface area contributed by atoms with Crippen LogP contribution in [0.3, 0.4) is 0 Å². The van der Waals surface area contributed by atoms with Gasteiger partial charge in [-0.2, -0.15) is 0 Å². The second-order valence-electron chi connectivity index (χ2n) is 4.81. The van der Waals surface area contributed by atoms with Crippen LogP contribution < -0.4 is 4.74 Å². The lowest BCUT2D eigenvalue weighted by molar-refractivity contribution is 0.420. The van der Waals surface area contributed by atoms with E-state index in [-0.39, 0.29) is 0 Å². The molecule has 0 aliphatic heterocycles. The van der Waals surface area contributed by atoms with Crippen LogP contribution >= 0.6 is 0 Å². The summed E-state index contributed by atoms with van der Waals surface area (Å²) in [6, 6.07) is 14.1. The van der Waals surface area contributed by atoms with Crippen LogP contribution in [0, 0.1) is 0 Å². The fraction of sp³-hybridized carbons (Fsp3) is 0.0588. The topological polar surface area (TPSA) is 39.4 Å². The smallest absolute Gasteiger partial charge is 0.234 e. The Hall–Kier alpha value is -2.88. The van der Waals surface area contributed by atoms with E-state index in [0.717, 1.165) is 27.8 Å². The van der Waals surface area contributed by atoms with Crippen LogP contribution in [0.2, 0.25) is 0 Å². The van der Waals surface area contributed by atoms with Gasteiger partial charge in [0.1, 0.15) is 5.75 Å². The van der Waals surface area contributed by atoms with Gasteiger partial charge in [-0.1, -0.05) is 24.3 Å². The molecule has 0 radical (unpaired) electrons. The maximum atomic E-state index is 5.44. The largest absolute Gasteiger partial charge is 0.496 e. The standard InChI is InChI=1S/C17H13N3O/c1-21-16-8-7-13(12-5-2-3-6-14(12)16)15-11-20-10-4-9-18-17(20)19-15/h2-11H,1H3. The van der Waals surface area contributed by atoms with Gasteiger partial charge in [-0.05, 0) is 23.6 Å². The normalized spacial score (nSPS) is 11.1. The second kappa shape index (κ2) is 4.59. The lowest BCUT2D eigenvalue weighted by Crippen LogP contribution is -1.87. The van der Waals surface area contributed by atoms with Gasteiger partial charge >= 0.3 is 0 Å². The van der Waals surface area contributed by atoms with Crippen LogP contribution in [0.4, 0.5) is 0 Å². The van der Waals surface area contributed by atoms with Crippen LogP contribution in [-0.2, 0) is 0 Å². The monoisotopic (exact) mass is 275 g/mol. The van der Waals surface area contributed by atoms with E-state index in [0.29, 0.717) is 5.78 Å². The summed E-state index contributed by atoms with van der Waals surface area (Å²) in [6.45, 7) is 0. The molecule has 4 rings (SSSR count). The minimum absolute atomic E-state index is 0.701. The molecule has 0 atom stereocenters. The number of nitrogens with zero attached hydrogens (tertiary/aromatic N) is 3. The summed E-state index contributed by atoms with van der Waals surface area (Å²) in [5.74, 6) is 1.57. The number of aromatic nitrogens is 3. The molecule has 0 saturated heterocycles. The minimum Gasteiger partial charge on any atom is -0.496 e. The van der Waals surface area contributed by atoms with Gasteiger partial charge in [-0.15, -0.1) is 0 Å². The molecule has 2 aromatic heterocycles. The molecule has 4 heteroatoms. The Bertz CT molecular complexity index is 910. The number of methoxy groups -OCH3 is 1. The highest BCUT2D eigenvalue weighted by Gasteiger charge is 2.11. The molecule has 4 aromatic rings. The van der Waals surface area contributed by atoms with Crippen molar-refractivity contribution in [2.24, 2.45) is 0 Å². The van der Waals surface area contributed by atoms with Crippen LogP contribution in [-0.4, -0.2) is 21.5 Å². The molecule has 0 saturated carbocycles. The summed E-state index contributed by atoms with van der Waals surface area (Å²) in [7, 11) is 1.69. The maximum Gasteiger partial charge on any atom is 0.234 e. The maximum absolute atomic E-state index is 5.44. The summed E-state index contributed by atoms with van der Waals surface area (Å²) in [4.78, 5) is 8.87. The van der Waals surface area contributed by atoms with Crippen molar-refractivity contribution in [3.8, 4) is 17.0 Å². The zero-order chi connectivity index (χ0) is 14.2. The summed E-state index contributed by atoms with van der Waals surface area (Å²) >= 11 is 0. The number of imidazole rings is 1. The quantitative estimate of drug-likeness (QED) is 0.561. The summed E-state index contributed by atoms with van der Waals surface area (Å²) < 4.78 is 7.36. The molecule has 2 aromatic carbocycles. The molecule has 4 nitrogen and oxygen atoms in total. The Kier molecular flexibility index (Phi) is 2.60. The molecular formula is C17H13N3O. The molecule has 0 unspecified atom stereocenters. The SMILES string of the molecule is COc1ccc(-c2cn3cccnc3n2)c2ccccc12. The lowest BCUT2D eigenvalue weighted by atomic mass is 10.0. The van der Waals surface area contributed by atoms with Crippen molar-refractivity contribution < 1.29 is 4.74 Å². The average molecular weight is 275 g/mol. The van der Waals surface area contributed by atoms with Crippen LogP contribution in [0.5, 0.6) is 5.75 Å². The zero-order valence-corrected chi connectivity index (χ0v) is 11.5. The Labute approximate surface area is 121 Å². The highest BCUT2D eigenvalue weighted by molar-refractivity contribution is 5.99. The van der Waals surface area contributed by atoms with Crippen molar-refractivity contribution in [2.45, 2.75) is 0 Å². The van der Waals surface area contributed by atoms with Crippen molar-refractivity contribution in [3.63, 3.8) is 0 Å². The predicted octanol–water partition coefficient (Wildman–Crippen LogP) is 3.56. The molecule has 2 heterocycles. The fourth-order valence-corrected chi connectivity index (χ4v) is 2.63. The third-order valence-corrected chi connectivity index (χ3v) is 3.62. The summed E-state index contributed by atoms with van der Waals surface area (Å²) in [5.41, 5.74) is 1.99. The first-order valence-corrected chi connectivity index (χ1v) is 6.72. The van der Waals surface area contributed by atoms with E-state index in [1.54, 1.807) is 13.3 Å². The van der Waals surface area contributed by atoms with Gasteiger partial charge in [0.25, 0.3) is 0 Å². The highest BCUT2D eigenvalue weighted by Crippen LogP contribution is 2.33. The average Bonchev–Trinajstić information content (AvgIpc) is 2.97. The Balaban J connectivity index is 2.02. The van der Waals surface area contributed by atoms with Crippen molar-refractivity contribution in [3.05, 3.63) is 61.1 Å². The zero-order valence-electron chi connectivity index (χ0n) is 11.5. The lowest BCUT2D eigenvalue weighted by Gasteiger charge is -2.08. The third kappa shape index (κ3) is 1.84. The van der Waals surface area contributed by atoms with E-state index in [9.17, 15) is 0 Å². The van der Waals surface area contributed by atoms with E-state index < -0.39 is 0 Å². The van der Waals surface area contributed by atoms with Crippen molar-refractivity contribution in [1.82, 2.24) is 14.4 Å². The van der Waals surface area contributed by atoms with Gasteiger partial charge in [0, 0.05) is 29.5 Å². The number of hydrogen-bond acceptors (Lipinski definition) is 3. The van der Waals surface area contributed by atoms with Crippen LogP contribution in [0.1, 0.15) is 0 Å². The molecule has 0 spiro atoms. The Morgan fingerprint density at radius 3 is 2.67 bits per heavy atom. The first-order valence-electron chi connectivity index (χ1n) is 6.72. The molecular weight excluding hydrogens is 262 g/mol. The fourth-order valence-electron chi connectivity index (χ4n) is 2.63. The summed E-state index contributed by atoms with van der Waals surface area (Å²) in [6.07, 6.45) is 5.69. The van der Waals surface area contributed by atoms with E-state index in [1.807, 2.05) is 47.1 Å². The van der Waals surface area contributed by atoms with Gasteiger partial charge in [0.15, 0.2) is 0 Å². The number of benzene rings is 2. The predicted molar refractivity (Wildman–Crippen MR) is 82.5 cm³/mol. The molecule has 0 aliphatic carbocycles. The third-order valence-electron chi connectivity index (χ3n) is 3.62. The first-order chi connectivity index (χ1) is 10.4. The van der Waals surface area contributed by atoms with Gasteiger partial charge in [-0.3, -0.25) is 4.40 Å². The number of rotatable bonds is 2. The van der Waals surface area contributed by atoms with Gasteiger partial charge in [0.05, 0.1) is 12.8 Å². The van der Waals surface area contributed by atoms with E-state index in [1.165, 1.54) is 0 Å². The molecule has 0 N–H and O–H groups in total. The van der Waals surface area contributed by atoms with Gasteiger partial charge in [0.2, 0.25) is 5.78 Å². The Morgan fingerprint density at radius 2 is 1.86 bits per heavy atom. The molecule has 0 bridgehead atoms. The minimum atomic E-state index is 0.701. The highest BCUT2D eigenvalue weighted by atomic mass is 16.5. The number of ether oxygens (including phenoxy) is 1. The second-order valence-corrected chi connectivity index (χ2v) is 4.81. The molecule has 0 aliphatic rings. The first kappa shape index (κ1) is 11.9. The molecule has 0 amide bonds. The summed E-state index contributed by atoms with van der Waals surface area (Å²) in [5, 5.41) is 2.21. The van der Waals surface area contributed by atoms with Crippen LogP contribution in [0.15, 0.2) is 61.1 Å². The Morgan fingerprint density at radius 1 is 1.00 bits per heavy atom. The van der Waals surface area contributed by atoms with E-state index in [4.69, 9.17) is 4.74 Å². The molecule has 102 valence electrons. The van der Waals surface area contributed by atoms with Crippen molar-refractivity contribution in [1.29, 1.82) is 0 Å². The van der Waals surface area contributed by atoms with Crippen LogP contribution in [0.25, 0.3) is 27.8 Å². The van der Waals surface area contributed by atoms with Gasteiger partial charge in [-0.25, -0.2) is 9.97 Å². The number of fused-ring (bicyclic) bond motifs is 2. The molecule has 21 heavy (non-hydrogen) atoms.